The van der Waals surface area contributed by atoms with Crippen molar-refractivity contribution in [3.63, 3.8) is 0 Å². The van der Waals surface area contributed by atoms with E-state index < -0.39 is 11.9 Å². The monoisotopic (exact) mass is 267 g/mol. The molecule has 0 heterocycles. The molecular formula is C14H21NO4. The number of rotatable bonds is 4. The number of hydrogen-bond donors (Lipinski definition) is 2. The van der Waals surface area contributed by atoms with Gasteiger partial charge in [-0.25, -0.2) is 0 Å². The summed E-state index contributed by atoms with van der Waals surface area (Å²) in [5.74, 6) is -1.60. The molecule has 1 rings (SSSR count). The van der Waals surface area contributed by atoms with E-state index in [9.17, 15) is 14.7 Å². The lowest BCUT2D eigenvalue weighted by atomic mass is 9.76. The number of nitrogens with zero attached hydrogens (tertiary/aromatic N) is 1. The van der Waals surface area contributed by atoms with Crippen LogP contribution in [0, 0.1) is 11.3 Å². The predicted octanol–water partition coefficient (Wildman–Crippen LogP) is 2.37. The Hall–Kier alpha value is -1.65. The number of carboxylic acids is 1. The van der Waals surface area contributed by atoms with Gasteiger partial charge in [0, 0.05) is 18.6 Å². The number of Topliss-reactive ketones (excluding diaryl/α,β-unsaturated/α-hetero) is 1. The highest BCUT2D eigenvalue weighted by molar-refractivity contribution is 6.22. The molecule has 0 spiro atoms. The number of carboxylic acid groups (broad SMARTS) is 1. The van der Waals surface area contributed by atoms with E-state index in [1.165, 1.54) is 0 Å². The Balaban J connectivity index is 2.92. The van der Waals surface area contributed by atoms with Crippen LogP contribution >= 0.6 is 0 Å². The molecule has 1 atom stereocenters. The van der Waals surface area contributed by atoms with Crippen LogP contribution in [0.3, 0.4) is 0 Å². The Morgan fingerprint density at radius 2 is 2.00 bits per heavy atom. The molecule has 0 aromatic heterocycles. The van der Waals surface area contributed by atoms with Crippen LogP contribution in [0.5, 0.6) is 0 Å². The quantitative estimate of drug-likeness (QED) is 0.765. The lowest BCUT2D eigenvalue weighted by molar-refractivity contribution is -0.140. The van der Waals surface area contributed by atoms with E-state index >= 15 is 0 Å². The molecule has 1 aliphatic rings. The number of hydrogen-bond acceptors (Lipinski definition) is 4. The number of aliphatic hydroxyl groups excluding tert-OH is 1. The first-order valence-electron chi connectivity index (χ1n) is 6.33. The van der Waals surface area contributed by atoms with Crippen LogP contribution in [0.25, 0.3) is 0 Å². The van der Waals surface area contributed by atoms with Crippen molar-refractivity contribution in [1.29, 1.82) is 0 Å². The minimum atomic E-state index is -0.925. The van der Waals surface area contributed by atoms with Gasteiger partial charge in [0.2, 0.25) is 0 Å². The normalized spacial score (nSPS) is 21.5. The lowest BCUT2D eigenvalue weighted by Gasteiger charge is -2.29. The molecule has 1 unspecified atom stereocenters. The predicted molar refractivity (Wildman–Crippen MR) is 72.5 cm³/mol. The number of allylic oxidation sites excluding steroid dienone is 2. The summed E-state index contributed by atoms with van der Waals surface area (Å²) in [5, 5.41) is 18.8. The number of aliphatic carboxylic acids is 1. The summed E-state index contributed by atoms with van der Waals surface area (Å²) in [6.45, 7) is 7.15. The second kappa shape index (κ2) is 5.55. The zero-order chi connectivity index (χ0) is 14.8. The van der Waals surface area contributed by atoms with Crippen molar-refractivity contribution in [2.24, 2.45) is 16.3 Å². The summed E-state index contributed by atoms with van der Waals surface area (Å²) in [5.41, 5.74) is 0.447. The number of carbonyl (C=O) groups is 2. The standard InChI is InChI=1S/C14H21NO4/c1-8(13(18)19)7-15-9(2)12-10(16)5-14(3,4)6-11(12)17/h8,16H,5-7H2,1-4H3,(H,18,19). The smallest absolute Gasteiger partial charge is 0.308 e. The van der Waals surface area contributed by atoms with Gasteiger partial charge in [0.15, 0.2) is 5.78 Å². The zero-order valence-electron chi connectivity index (χ0n) is 11.9. The molecule has 0 radical (unpaired) electrons. The SMILES string of the molecule is CC(=NCC(C)C(=O)O)C1=C(O)CC(C)(C)CC1=O. The molecule has 0 saturated carbocycles. The third kappa shape index (κ3) is 3.91. The van der Waals surface area contributed by atoms with Crippen molar-refractivity contribution >= 4 is 17.5 Å². The molecular weight excluding hydrogens is 246 g/mol. The van der Waals surface area contributed by atoms with Crippen LogP contribution in [0.4, 0.5) is 0 Å². The lowest BCUT2D eigenvalue weighted by Crippen LogP contribution is -2.28. The first kappa shape index (κ1) is 15.4. The van der Waals surface area contributed by atoms with Gasteiger partial charge in [-0.2, -0.15) is 0 Å². The Morgan fingerprint density at radius 3 is 2.47 bits per heavy atom. The molecule has 0 aliphatic heterocycles. The summed E-state index contributed by atoms with van der Waals surface area (Å²) in [6.07, 6.45) is 0.809. The second-order valence-corrected chi connectivity index (χ2v) is 5.93. The van der Waals surface area contributed by atoms with Gasteiger partial charge < -0.3 is 10.2 Å². The van der Waals surface area contributed by atoms with Crippen molar-refractivity contribution in [2.75, 3.05) is 6.54 Å². The van der Waals surface area contributed by atoms with Crippen LogP contribution in [0.2, 0.25) is 0 Å². The Bertz CT molecular complexity index is 460. The first-order valence-corrected chi connectivity index (χ1v) is 6.33. The third-order valence-electron chi connectivity index (χ3n) is 3.24. The maximum absolute atomic E-state index is 12.0. The minimum absolute atomic E-state index is 0.0606. The Kier molecular flexibility index (Phi) is 4.50. The summed E-state index contributed by atoms with van der Waals surface area (Å²) in [6, 6.07) is 0. The highest BCUT2D eigenvalue weighted by Gasteiger charge is 2.33. The van der Waals surface area contributed by atoms with Crippen LogP contribution < -0.4 is 0 Å². The minimum Gasteiger partial charge on any atom is -0.511 e. The van der Waals surface area contributed by atoms with Gasteiger partial charge in [0.05, 0.1) is 18.0 Å². The summed E-state index contributed by atoms with van der Waals surface area (Å²) >= 11 is 0. The van der Waals surface area contributed by atoms with E-state index in [4.69, 9.17) is 5.11 Å². The molecule has 2 N–H and O–H groups in total. The van der Waals surface area contributed by atoms with E-state index in [0.717, 1.165) is 0 Å². The van der Waals surface area contributed by atoms with Crippen molar-refractivity contribution in [3.05, 3.63) is 11.3 Å². The number of aliphatic hydroxyl groups is 1. The number of carbonyl (C=O) groups excluding carboxylic acids is 1. The maximum Gasteiger partial charge on any atom is 0.308 e. The van der Waals surface area contributed by atoms with Gasteiger partial charge in [-0.3, -0.25) is 14.6 Å². The topological polar surface area (TPSA) is 87.0 Å². The third-order valence-corrected chi connectivity index (χ3v) is 3.24. The molecule has 0 aromatic carbocycles. The molecule has 0 aromatic rings. The Morgan fingerprint density at radius 1 is 1.42 bits per heavy atom. The molecule has 0 fully saturated rings. The highest BCUT2D eigenvalue weighted by Crippen LogP contribution is 2.36. The van der Waals surface area contributed by atoms with E-state index in [1.807, 2.05) is 13.8 Å². The molecule has 106 valence electrons. The van der Waals surface area contributed by atoms with Gasteiger partial charge in [0.1, 0.15) is 5.76 Å². The molecule has 0 saturated heterocycles. The second-order valence-electron chi connectivity index (χ2n) is 5.93. The van der Waals surface area contributed by atoms with E-state index in [-0.39, 0.29) is 29.1 Å². The largest absolute Gasteiger partial charge is 0.511 e. The van der Waals surface area contributed by atoms with Gasteiger partial charge in [-0.1, -0.05) is 20.8 Å². The first-order chi connectivity index (χ1) is 8.64. The molecule has 1 aliphatic carbocycles. The average molecular weight is 267 g/mol. The van der Waals surface area contributed by atoms with Crippen molar-refractivity contribution in [2.45, 2.75) is 40.5 Å². The molecule has 0 bridgehead atoms. The fourth-order valence-electron chi connectivity index (χ4n) is 2.13. The number of ketones is 1. The van der Waals surface area contributed by atoms with Gasteiger partial charge in [0.25, 0.3) is 0 Å². The molecule has 5 nitrogen and oxygen atoms in total. The van der Waals surface area contributed by atoms with Crippen molar-refractivity contribution in [1.82, 2.24) is 0 Å². The van der Waals surface area contributed by atoms with Crippen molar-refractivity contribution in [3.8, 4) is 0 Å². The van der Waals surface area contributed by atoms with Crippen LogP contribution in [0.1, 0.15) is 40.5 Å². The van der Waals surface area contributed by atoms with Gasteiger partial charge in [-0.05, 0) is 12.3 Å². The Labute approximate surface area is 113 Å². The highest BCUT2D eigenvalue weighted by atomic mass is 16.4. The van der Waals surface area contributed by atoms with E-state index in [2.05, 4.69) is 4.99 Å². The fraction of sp³-hybridized carbons (Fsp3) is 0.643. The fourth-order valence-corrected chi connectivity index (χ4v) is 2.13. The van der Waals surface area contributed by atoms with Crippen LogP contribution in [-0.4, -0.2) is 34.2 Å². The van der Waals surface area contributed by atoms with E-state index in [0.29, 0.717) is 18.6 Å². The number of aliphatic imine (C=N–C) groups is 1. The summed E-state index contributed by atoms with van der Waals surface area (Å²) in [4.78, 5) is 26.8. The molecule has 19 heavy (non-hydrogen) atoms. The van der Waals surface area contributed by atoms with Gasteiger partial charge in [-0.15, -0.1) is 0 Å². The summed E-state index contributed by atoms with van der Waals surface area (Å²) < 4.78 is 0. The average Bonchev–Trinajstić information content (AvgIpc) is 2.22. The zero-order valence-corrected chi connectivity index (χ0v) is 11.9. The van der Waals surface area contributed by atoms with E-state index in [1.54, 1.807) is 13.8 Å². The summed E-state index contributed by atoms with van der Waals surface area (Å²) in [7, 11) is 0. The molecule has 5 heteroatoms. The van der Waals surface area contributed by atoms with Crippen molar-refractivity contribution < 1.29 is 19.8 Å². The van der Waals surface area contributed by atoms with Gasteiger partial charge >= 0.3 is 5.97 Å². The van der Waals surface area contributed by atoms with Crippen LogP contribution in [0.15, 0.2) is 16.3 Å². The molecule has 0 amide bonds. The van der Waals surface area contributed by atoms with Crippen LogP contribution in [-0.2, 0) is 9.59 Å². The maximum atomic E-state index is 12.0.